The van der Waals surface area contributed by atoms with E-state index < -0.39 is 0 Å². The number of para-hydroxylation sites is 1. The zero-order chi connectivity index (χ0) is 13.1. The number of hydrogen-bond acceptors (Lipinski definition) is 2. The lowest BCUT2D eigenvalue weighted by atomic mass is 9.98. The van der Waals surface area contributed by atoms with E-state index in [0.29, 0.717) is 12.5 Å². The first kappa shape index (κ1) is 12.2. The lowest BCUT2D eigenvalue weighted by molar-refractivity contribution is 0.663. The van der Waals surface area contributed by atoms with E-state index >= 15 is 0 Å². The lowest BCUT2D eigenvalue weighted by Crippen LogP contribution is -2.30. The van der Waals surface area contributed by atoms with Crippen LogP contribution in [0.3, 0.4) is 0 Å². The van der Waals surface area contributed by atoms with Crippen LogP contribution in [0.15, 0.2) is 54.6 Å². The van der Waals surface area contributed by atoms with Gasteiger partial charge in [0.15, 0.2) is 0 Å². The van der Waals surface area contributed by atoms with E-state index in [2.05, 4.69) is 59.5 Å². The van der Waals surface area contributed by atoms with Crippen molar-refractivity contribution in [3.8, 4) is 0 Å². The molecule has 0 aromatic heterocycles. The molecule has 0 amide bonds. The quantitative estimate of drug-likeness (QED) is 0.906. The van der Waals surface area contributed by atoms with Crippen LogP contribution in [0.4, 0.5) is 5.69 Å². The van der Waals surface area contributed by atoms with Crippen LogP contribution in [-0.2, 0) is 6.42 Å². The molecular formula is C17H20N2. The highest BCUT2D eigenvalue weighted by molar-refractivity contribution is 5.58. The molecule has 2 nitrogen and oxygen atoms in total. The Bertz CT molecular complexity index is 536. The summed E-state index contributed by atoms with van der Waals surface area (Å²) in [6.45, 7) is 2.82. The highest BCUT2D eigenvalue weighted by Crippen LogP contribution is 2.29. The summed E-state index contributed by atoms with van der Waals surface area (Å²) in [7, 11) is 0. The van der Waals surface area contributed by atoms with Crippen molar-refractivity contribution in [2.24, 2.45) is 5.73 Å². The molecule has 2 aromatic rings. The maximum absolute atomic E-state index is 5.98. The van der Waals surface area contributed by atoms with E-state index in [-0.39, 0.29) is 0 Å². The molecule has 0 bridgehead atoms. The minimum absolute atomic E-state index is 0.410. The Morgan fingerprint density at radius 1 is 1.00 bits per heavy atom. The largest absolute Gasteiger partial charge is 0.370 e. The zero-order valence-electron chi connectivity index (χ0n) is 11.1. The molecule has 1 heterocycles. The summed E-state index contributed by atoms with van der Waals surface area (Å²) in [4.78, 5) is 2.47. The van der Waals surface area contributed by atoms with Crippen LogP contribution in [0, 0.1) is 0 Å². The molecular weight excluding hydrogens is 232 g/mol. The molecule has 0 fully saturated rings. The van der Waals surface area contributed by atoms with Crippen LogP contribution >= 0.6 is 0 Å². The monoisotopic (exact) mass is 252 g/mol. The van der Waals surface area contributed by atoms with E-state index in [4.69, 9.17) is 5.73 Å². The fraction of sp³-hybridized carbons (Fsp3) is 0.294. The van der Waals surface area contributed by atoms with Gasteiger partial charge in [-0.25, -0.2) is 0 Å². The Kier molecular flexibility index (Phi) is 3.51. The molecule has 0 aliphatic carbocycles. The first-order valence-electron chi connectivity index (χ1n) is 6.96. The Labute approximate surface area is 114 Å². The van der Waals surface area contributed by atoms with Crippen molar-refractivity contribution in [3.05, 3.63) is 65.7 Å². The summed E-state index contributed by atoms with van der Waals surface area (Å²) >= 11 is 0. The van der Waals surface area contributed by atoms with Gasteiger partial charge < -0.3 is 10.6 Å². The van der Waals surface area contributed by atoms with Gasteiger partial charge in [0.05, 0.1) is 0 Å². The molecule has 1 aliphatic rings. The number of hydrogen-bond donors (Lipinski definition) is 1. The first-order chi connectivity index (χ1) is 9.38. The van der Waals surface area contributed by atoms with Crippen LogP contribution in [-0.4, -0.2) is 19.6 Å². The summed E-state index contributed by atoms with van der Waals surface area (Å²) in [5.74, 6) is 0.410. The van der Waals surface area contributed by atoms with Gasteiger partial charge in [-0.05, 0) is 23.6 Å². The van der Waals surface area contributed by atoms with Gasteiger partial charge in [-0.15, -0.1) is 0 Å². The summed E-state index contributed by atoms with van der Waals surface area (Å²) in [5, 5.41) is 0. The van der Waals surface area contributed by atoms with Crippen molar-refractivity contribution < 1.29 is 0 Å². The molecule has 0 saturated carbocycles. The standard InChI is InChI=1S/C17H20N2/c18-12-16(14-6-2-1-3-7-14)13-19-11-10-15-8-4-5-9-17(15)19/h1-9,16H,10-13,18H2. The van der Waals surface area contributed by atoms with Crippen LogP contribution in [0.2, 0.25) is 0 Å². The number of benzene rings is 2. The van der Waals surface area contributed by atoms with Gasteiger partial charge >= 0.3 is 0 Å². The second-order valence-corrected chi connectivity index (χ2v) is 5.17. The van der Waals surface area contributed by atoms with E-state index in [0.717, 1.165) is 19.5 Å². The van der Waals surface area contributed by atoms with Gasteiger partial charge in [0.1, 0.15) is 0 Å². The van der Waals surface area contributed by atoms with E-state index in [1.807, 2.05) is 0 Å². The molecule has 2 heteroatoms. The summed E-state index contributed by atoms with van der Waals surface area (Å²) in [5.41, 5.74) is 10.2. The number of fused-ring (bicyclic) bond motifs is 1. The molecule has 2 aromatic carbocycles. The average molecular weight is 252 g/mol. The number of anilines is 1. The molecule has 1 unspecified atom stereocenters. The minimum Gasteiger partial charge on any atom is -0.370 e. The molecule has 19 heavy (non-hydrogen) atoms. The van der Waals surface area contributed by atoms with Crippen molar-refractivity contribution in [2.45, 2.75) is 12.3 Å². The van der Waals surface area contributed by atoms with E-state index in [1.54, 1.807) is 0 Å². The fourth-order valence-electron chi connectivity index (χ4n) is 2.90. The Morgan fingerprint density at radius 3 is 2.53 bits per heavy atom. The number of nitrogens with two attached hydrogens (primary N) is 1. The third-order valence-electron chi connectivity index (χ3n) is 3.98. The van der Waals surface area contributed by atoms with Crippen molar-refractivity contribution in [1.82, 2.24) is 0 Å². The van der Waals surface area contributed by atoms with E-state index in [9.17, 15) is 0 Å². The van der Waals surface area contributed by atoms with Crippen molar-refractivity contribution in [3.63, 3.8) is 0 Å². The Hall–Kier alpha value is -1.80. The molecule has 98 valence electrons. The normalized spacial score (nSPS) is 15.3. The maximum atomic E-state index is 5.98. The zero-order valence-corrected chi connectivity index (χ0v) is 11.1. The van der Waals surface area contributed by atoms with Gasteiger partial charge in [-0.1, -0.05) is 48.5 Å². The molecule has 2 N–H and O–H groups in total. The lowest BCUT2D eigenvalue weighted by Gasteiger charge is -2.25. The molecule has 0 saturated heterocycles. The summed E-state index contributed by atoms with van der Waals surface area (Å²) < 4.78 is 0. The predicted octanol–water partition coefficient (Wildman–Crippen LogP) is 2.79. The molecule has 1 aliphatic heterocycles. The Morgan fingerprint density at radius 2 is 1.74 bits per heavy atom. The van der Waals surface area contributed by atoms with E-state index in [1.165, 1.54) is 16.8 Å². The summed E-state index contributed by atoms with van der Waals surface area (Å²) in [6.07, 6.45) is 1.16. The Balaban J connectivity index is 1.78. The van der Waals surface area contributed by atoms with Gasteiger partial charge in [0.25, 0.3) is 0 Å². The maximum Gasteiger partial charge on any atom is 0.0399 e. The van der Waals surface area contributed by atoms with Crippen molar-refractivity contribution in [1.29, 1.82) is 0 Å². The smallest absolute Gasteiger partial charge is 0.0399 e. The van der Waals surface area contributed by atoms with Crippen LogP contribution in [0.5, 0.6) is 0 Å². The predicted molar refractivity (Wildman–Crippen MR) is 80.6 cm³/mol. The topological polar surface area (TPSA) is 29.3 Å². The van der Waals surface area contributed by atoms with Gasteiger partial charge in [-0.2, -0.15) is 0 Å². The first-order valence-corrected chi connectivity index (χ1v) is 6.96. The molecule has 0 radical (unpaired) electrons. The highest BCUT2D eigenvalue weighted by atomic mass is 15.1. The van der Waals surface area contributed by atoms with Crippen molar-refractivity contribution >= 4 is 5.69 Å². The molecule has 1 atom stereocenters. The highest BCUT2D eigenvalue weighted by Gasteiger charge is 2.21. The fourth-order valence-corrected chi connectivity index (χ4v) is 2.90. The van der Waals surface area contributed by atoms with Crippen LogP contribution in [0.1, 0.15) is 17.0 Å². The van der Waals surface area contributed by atoms with Crippen molar-refractivity contribution in [2.75, 3.05) is 24.5 Å². The number of nitrogens with zero attached hydrogens (tertiary/aromatic N) is 1. The number of rotatable bonds is 4. The van der Waals surface area contributed by atoms with Gasteiger partial charge in [0.2, 0.25) is 0 Å². The average Bonchev–Trinajstić information content (AvgIpc) is 2.89. The molecule has 3 rings (SSSR count). The van der Waals surface area contributed by atoms with Gasteiger partial charge in [0, 0.05) is 31.2 Å². The summed E-state index contributed by atoms with van der Waals surface area (Å²) in [6, 6.07) is 19.3. The molecule has 0 spiro atoms. The third-order valence-corrected chi connectivity index (χ3v) is 3.98. The third kappa shape index (κ3) is 2.49. The second kappa shape index (κ2) is 5.45. The van der Waals surface area contributed by atoms with Crippen LogP contribution in [0.25, 0.3) is 0 Å². The SMILES string of the molecule is NCC(CN1CCc2ccccc21)c1ccccc1. The second-order valence-electron chi connectivity index (χ2n) is 5.17. The van der Waals surface area contributed by atoms with Crippen LogP contribution < -0.4 is 10.6 Å². The minimum atomic E-state index is 0.410. The van der Waals surface area contributed by atoms with Gasteiger partial charge in [-0.3, -0.25) is 0 Å².